The minimum atomic E-state index is -4.45. The van der Waals surface area contributed by atoms with Crippen LogP contribution in [0.5, 0.6) is 11.5 Å². The molecular formula is C24H20F3N3O4. The molecule has 1 amide bonds. The smallest absolute Gasteiger partial charge is 0.422 e. The maximum atomic E-state index is 13.1. The third-order valence-corrected chi connectivity index (χ3v) is 5.41. The van der Waals surface area contributed by atoms with Crippen LogP contribution in [0.4, 0.5) is 13.2 Å². The van der Waals surface area contributed by atoms with Crippen LogP contribution in [0.3, 0.4) is 0 Å². The van der Waals surface area contributed by atoms with Gasteiger partial charge >= 0.3 is 12.1 Å². The monoisotopic (exact) mass is 471 g/mol. The standard InChI is InChI=1S/C24H20F3N3O4/c1-14-9-20(29-11-21(14)33-13-24(25,26)27)15(2)30-12-17-3-4-18(10-19(17)22(30)31)34-23(32)16-5-7-28-8-6-16/h3-11,15H,12-13H2,1-2H3. The van der Waals surface area contributed by atoms with E-state index in [1.54, 1.807) is 36.9 Å². The molecule has 0 saturated heterocycles. The van der Waals surface area contributed by atoms with Crippen molar-refractivity contribution in [2.75, 3.05) is 6.61 Å². The third-order valence-electron chi connectivity index (χ3n) is 5.41. The second kappa shape index (κ2) is 9.12. The summed E-state index contributed by atoms with van der Waals surface area (Å²) in [6.07, 6.45) is -0.255. The number of pyridine rings is 2. The molecule has 1 unspecified atom stereocenters. The second-order valence-corrected chi connectivity index (χ2v) is 7.83. The average molecular weight is 471 g/mol. The van der Waals surface area contributed by atoms with Crippen LogP contribution in [-0.2, 0) is 6.54 Å². The molecule has 0 fully saturated rings. The Bertz CT molecular complexity index is 1230. The minimum absolute atomic E-state index is 0.0324. The van der Waals surface area contributed by atoms with Crippen molar-refractivity contribution in [1.29, 1.82) is 0 Å². The largest absolute Gasteiger partial charge is 0.482 e. The molecule has 1 aromatic carbocycles. The molecule has 3 heterocycles. The zero-order valence-corrected chi connectivity index (χ0v) is 18.3. The van der Waals surface area contributed by atoms with Crippen LogP contribution >= 0.6 is 0 Å². The topological polar surface area (TPSA) is 81.6 Å². The number of nitrogens with zero attached hydrogens (tertiary/aromatic N) is 3. The molecule has 1 aliphatic rings. The number of aryl methyl sites for hydroxylation is 1. The van der Waals surface area contributed by atoms with Gasteiger partial charge in [0.25, 0.3) is 5.91 Å². The Morgan fingerprint density at radius 1 is 1.18 bits per heavy atom. The lowest BCUT2D eigenvalue weighted by Crippen LogP contribution is -2.28. The summed E-state index contributed by atoms with van der Waals surface area (Å²) in [5.41, 5.74) is 2.51. The molecule has 0 saturated carbocycles. The summed E-state index contributed by atoms with van der Waals surface area (Å²) in [6.45, 7) is 2.32. The SMILES string of the molecule is Cc1cc(C(C)N2Cc3ccc(OC(=O)c4ccncc4)cc3C2=O)ncc1OCC(F)(F)F. The number of esters is 1. The highest BCUT2D eigenvalue weighted by Crippen LogP contribution is 2.34. The lowest BCUT2D eigenvalue weighted by molar-refractivity contribution is -0.153. The number of halogens is 3. The number of rotatable bonds is 6. The first-order valence-corrected chi connectivity index (χ1v) is 10.3. The first-order chi connectivity index (χ1) is 16.1. The van der Waals surface area contributed by atoms with Gasteiger partial charge in [-0.3, -0.25) is 14.8 Å². The Labute approximate surface area is 193 Å². The summed E-state index contributed by atoms with van der Waals surface area (Å²) >= 11 is 0. The summed E-state index contributed by atoms with van der Waals surface area (Å²) in [6, 6.07) is 9.08. The number of fused-ring (bicyclic) bond motifs is 1. The Balaban J connectivity index is 1.47. The van der Waals surface area contributed by atoms with Gasteiger partial charge in [0.05, 0.1) is 23.5 Å². The fourth-order valence-electron chi connectivity index (χ4n) is 3.60. The van der Waals surface area contributed by atoms with Crippen LogP contribution in [0.15, 0.2) is 55.0 Å². The van der Waals surface area contributed by atoms with Crippen molar-refractivity contribution in [3.8, 4) is 11.5 Å². The number of carbonyl (C=O) groups is 2. The molecule has 34 heavy (non-hydrogen) atoms. The zero-order valence-electron chi connectivity index (χ0n) is 18.3. The van der Waals surface area contributed by atoms with Gasteiger partial charge in [0.15, 0.2) is 6.61 Å². The van der Waals surface area contributed by atoms with E-state index in [4.69, 9.17) is 9.47 Å². The molecule has 4 rings (SSSR count). The summed E-state index contributed by atoms with van der Waals surface area (Å²) in [4.78, 5) is 35.0. The van der Waals surface area contributed by atoms with Gasteiger partial charge in [-0.25, -0.2) is 4.79 Å². The first-order valence-electron chi connectivity index (χ1n) is 10.3. The Morgan fingerprint density at radius 2 is 1.91 bits per heavy atom. The maximum Gasteiger partial charge on any atom is 0.422 e. The Kier molecular flexibility index (Phi) is 6.23. The summed E-state index contributed by atoms with van der Waals surface area (Å²) in [5.74, 6) is -0.555. The van der Waals surface area contributed by atoms with E-state index in [2.05, 4.69) is 9.97 Å². The number of hydrogen-bond donors (Lipinski definition) is 0. The minimum Gasteiger partial charge on any atom is -0.482 e. The highest BCUT2D eigenvalue weighted by atomic mass is 19.4. The molecule has 1 atom stereocenters. The van der Waals surface area contributed by atoms with Gasteiger partial charge in [0, 0.05) is 24.5 Å². The summed E-state index contributed by atoms with van der Waals surface area (Å²) in [7, 11) is 0. The van der Waals surface area contributed by atoms with Crippen molar-refractivity contribution in [3.05, 3.63) is 82.9 Å². The van der Waals surface area contributed by atoms with E-state index in [1.165, 1.54) is 36.8 Å². The molecular weight excluding hydrogens is 451 g/mol. The molecule has 3 aromatic rings. The van der Waals surface area contributed by atoms with Gasteiger partial charge in [-0.05, 0) is 55.3 Å². The molecule has 0 spiro atoms. The molecule has 0 aliphatic carbocycles. The lowest BCUT2D eigenvalue weighted by Gasteiger charge is -2.24. The van der Waals surface area contributed by atoms with E-state index >= 15 is 0 Å². The number of ether oxygens (including phenoxy) is 2. The van der Waals surface area contributed by atoms with E-state index in [0.29, 0.717) is 28.9 Å². The highest BCUT2D eigenvalue weighted by molar-refractivity contribution is 5.99. The van der Waals surface area contributed by atoms with Crippen molar-refractivity contribution in [1.82, 2.24) is 14.9 Å². The highest BCUT2D eigenvalue weighted by Gasteiger charge is 2.33. The van der Waals surface area contributed by atoms with Gasteiger partial charge in [0.1, 0.15) is 11.5 Å². The molecule has 7 nitrogen and oxygen atoms in total. The van der Waals surface area contributed by atoms with Gasteiger partial charge in [-0.2, -0.15) is 13.2 Å². The molecule has 10 heteroatoms. The molecule has 176 valence electrons. The summed E-state index contributed by atoms with van der Waals surface area (Å²) in [5, 5.41) is 0. The van der Waals surface area contributed by atoms with Crippen LogP contribution in [0.25, 0.3) is 0 Å². The average Bonchev–Trinajstić information content (AvgIpc) is 3.13. The predicted octanol–water partition coefficient (Wildman–Crippen LogP) is 4.66. The molecule has 0 radical (unpaired) electrons. The van der Waals surface area contributed by atoms with E-state index in [9.17, 15) is 22.8 Å². The quantitative estimate of drug-likeness (QED) is 0.384. The van der Waals surface area contributed by atoms with Crippen LogP contribution < -0.4 is 9.47 Å². The normalized spacial score (nSPS) is 14.0. The van der Waals surface area contributed by atoms with Crippen molar-refractivity contribution in [2.45, 2.75) is 32.6 Å². The van der Waals surface area contributed by atoms with Crippen molar-refractivity contribution >= 4 is 11.9 Å². The molecule has 2 aromatic heterocycles. The molecule has 0 N–H and O–H groups in total. The fourth-order valence-corrected chi connectivity index (χ4v) is 3.60. The van der Waals surface area contributed by atoms with E-state index in [-0.39, 0.29) is 17.4 Å². The van der Waals surface area contributed by atoms with Crippen LogP contribution in [0.1, 0.15) is 50.5 Å². The number of hydrogen-bond acceptors (Lipinski definition) is 6. The predicted molar refractivity (Wildman–Crippen MR) is 114 cm³/mol. The van der Waals surface area contributed by atoms with Crippen LogP contribution in [0.2, 0.25) is 0 Å². The van der Waals surface area contributed by atoms with E-state index in [0.717, 1.165) is 5.56 Å². The lowest BCUT2D eigenvalue weighted by atomic mass is 10.1. The Morgan fingerprint density at radius 3 is 2.59 bits per heavy atom. The van der Waals surface area contributed by atoms with Crippen molar-refractivity contribution in [2.24, 2.45) is 0 Å². The number of alkyl halides is 3. The Hall–Kier alpha value is -3.95. The van der Waals surface area contributed by atoms with Crippen LogP contribution in [-0.4, -0.2) is 39.5 Å². The zero-order chi connectivity index (χ0) is 24.5. The maximum absolute atomic E-state index is 13.1. The van der Waals surface area contributed by atoms with Crippen LogP contribution in [0, 0.1) is 6.92 Å². The molecule has 0 bridgehead atoms. The number of amides is 1. The van der Waals surface area contributed by atoms with Gasteiger partial charge in [-0.15, -0.1) is 0 Å². The number of benzene rings is 1. The van der Waals surface area contributed by atoms with Gasteiger partial charge in [0.2, 0.25) is 0 Å². The van der Waals surface area contributed by atoms with E-state index in [1.807, 2.05) is 0 Å². The van der Waals surface area contributed by atoms with E-state index < -0.39 is 24.8 Å². The first kappa shape index (κ1) is 23.2. The second-order valence-electron chi connectivity index (χ2n) is 7.83. The van der Waals surface area contributed by atoms with Gasteiger partial charge < -0.3 is 14.4 Å². The third kappa shape index (κ3) is 5.00. The number of aromatic nitrogens is 2. The van der Waals surface area contributed by atoms with Crippen molar-refractivity contribution < 1.29 is 32.2 Å². The van der Waals surface area contributed by atoms with Gasteiger partial charge in [-0.1, -0.05) is 6.07 Å². The van der Waals surface area contributed by atoms with Crippen molar-refractivity contribution in [3.63, 3.8) is 0 Å². The number of carbonyl (C=O) groups excluding carboxylic acids is 2. The summed E-state index contributed by atoms with van der Waals surface area (Å²) < 4.78 is 47.5. The fraction of sp³-hybridized carbons (Fsp3) is 0.250. The molecule has 1 aliphatic heterocycles.